The molecule has 0 saturated carbocycles. The SMILES string of the molecule is Cc1c(O)ccc2c(COC(=O)CCC(=O)c3cccs3)cc(=O)oc12. The number of Topliss-reactive ketones (excluding diaryl/α,β-unsaturated/α-hetero) is 1. The van der Waals surface area contributed by atoms with Gasteiger partial charge in [0.15, 0.2) is 5.78 Å². The number of hydrogen-bond acceptors (Lipinski definition) is 7. The average Bonchev–Trinajstić information content (AvgIpc) is 3.16. The molecule has 0 radical (unpaired) electrons. The number of thiophene rings is 1. The largest absolute Gasteiger partial charge is 0.508 e. The Balaban J connectivity index is 1.68. The van der Waals surface area contributed by atoms with E-state index in [-0.39, 0.29) is 36.6 Å². The molecule has 0 amide bonds. The number of phenolic OH excluding ortho intramolecular Hbond substituents is 1. The normalized spacial score (nSPS) is 10.8. The van der Waals surface area contributed by atoms with Gasteiger partial charge in [0.2, 0.25) is 0 Å². The van der Waals surface area contributed by atoms with Crippen LogP contribution in [0.15, 0.2) is 44.9 Å². The smallest absolute Gasteiger partial charge is 0.336 e. The maximum atomic E-state index is 11.9. The summed E-state index contributed by atoms with van der Waals surface area (Å²) in [5.74, 6) is -0.609. The fraction of sp³-hybridized carbons (Fsp3) is 0.211. The first-order valence-corrected chi connectivity index (χ1v) is 8.81. The minimum atomic E-state index is -0.592. The maximum absolute atomic E-state index is 11.9. The van der Waals surface area contributed by atoms with Crippen LogP contribution in [0, 0.1) is 6.92 Å². The summed E-state index contributed by atoms with van der Waals surface area (Å²) in [6.45, 7) is 1.52. The van der Waals surface area contributed by atoms with Gasteiger partial charge >= 0.3 is 11.6 Å². The number of hydrogen-bond donors (Lipinski definition) is 1. The van der Waals surface area contributed by atoms with E-state index >= 15 is 0 Å². The third-order valence-corrected chi connectivity index (χ3v) is 4.87. The van der Waals surface area contributed by atoms with Crippen molar-refractivity contribution in [3.05, 3.63) is 62.1 Å². The van der Waals surface area contributed by atoms with Crippen molar-refractivity contribution in [2.45, 2.75) is 26.4 Å². The van der Waals surface area contributed by atoms with E-state index < -0.39 is 11.6 Å². The van der Waals surface area contributed by atoms with Crippen molar-refractivity contribution in [1.82, 2.24) is 0 Å². The number of carbonyl (C=O) groups excluding carboxylic acids is 2. The highest BCUT2D eigenvalue weighted by molar-refractivity contribution is 7.12. The number of rotatable bonds is 6. The van der Waals surface area contributed by atoms with Gasteiger partial charge in [0, 0.05) is 29.0 Å². The van der Waals surface area contributed by atoms with Gasteiger partial charge in [-0.15, -0.1) is 11.3 Å². The molecule has 134 valence electrons. The Bertz CT molecular complexity index is 1020. The summed E-state index contributed by atoms with van der Waals surface area (Å²) in [5.41, 5.74) is 0.591. The van der Waals surface area contributed by atoms with Gasteiger partial charge in [-0.05, 0) is 30.5 Å². The summed E-state index contributed by atoms with van der Waals surface area (Å²) in [4.78, 5) is 36.2. The first-order chi connectivity index (χ1) is 12.5. The molecule has 0 spiro atoms. The van der Waals surface area contributed by atoms with E-state index in [1.54, 1.807) is 30.5 Å². The summed E-state index contributed by atoms with van der Waals surface area (Å²) >= 11 is 1.33. The third-order valence-electron chi connectivity index (χ3n) is 3.96. The molecule has 0 atom stereocenters. The van der Waals surface area contributed by atoms with Gasteiger partial charge in [-0.3, -0.25) is 9.59 Å². The molecule has 1 N–H and O–H groups in total. The van der Waals surface area contributed by atoms with Crippen molar-refractivity contribution in [3.8, 4) is 5.75 Å². The molecule has 2 heterocycles. The summed E-state index contributed by atoms with van der Waals surface area (Å²) in [6, 6.07) is 7.84. The molecule has 0 saturated heterocycles. The van der Waals surface area contributed by atoms with Crippen LogP contribution in [0.3, 0.4) is 0 Å². The van der Waals surface area contributed by atoms with E-state index in [0.29, 0.717) is 21.4 Å². The lowest BCUT2D eigenvalue weighted by atomic mass is 10.1. The molecule has 0 aliphatic carbocycles. The molecule has 1 aromatic carbocycles. The Labute approximate surface area is 152 Å². The summed E-state index contributed by atoms with van der Waals surface area (Å²) in [5, 5.41) is 12.1. The lowest BCUT2D eigenvalue weighted by Crippen LogP contribution is -2.09. The molecule has 2 aromatic heterocycles. The Morgan fingerprint density at radius 1 is 1.23 bits per heavy atom. The van der Waals surface area contributed by atoms with Gasteiger partial charge in [0.05, 0.1) is 11.3 Å². The summed E-state index contributed by atoms with van der Waals surface area (Å²) in [6.07, 6.45) is 0.0416. The van der Waals surface area contributed by atoms with Gasteiger partial charge in [-0.25, -0.2) is 4.79 Å². The second kappa shape index (κ2) is 7.53. The van der Waals surface area contributed by atoms with Crippen LogP contribution in [-0.2, 0) is 16.1 Å². The number of benzene rings is 1. The van der Waals surface area contributed by atoms with Crippen LogP contribution in [0.1, 0.15) is 33.6 Å². The third kappa shape index (κ3) is 3.83. The van der Waals surface area contributed by atoms with E-state index in [4.69, 9.17) is 9.15 Å². The zero-order valence-corrected chi connectivity index (χ0v) is 14.8. The Morgan fingerprint density at radius 2 is 2.04 bits per heavy atom. The van der Waals surface area contributed by atoms with Crippen molar-refractivity contribution in [2.24, 2.45) is 0 Å². The van der Waals surface area contributed by atoms with Crippen molar-refractivity contribution in [2.75, 3.05) is 0 Å². The molecule has 0 fully saturated rings. The average molecular weight is 372 g/mol. The molecular weight excluding hydrogens is 356 g/mol. The minimum Gasteiger partial charge on any atom is -0.508 e. The number of esters is 1. The molecule has 0 unspecified atom stereocenters. The number of aromatic hydroxyl groups is 1. The number of fused-ring (bicyclic) bond motifs is 1. The quantitative estimate of drug-likeness (QED) is 0.404. The fourth-order valence-corrected chi connectivity index (χ4v) is 3.24. The molecule has 0 aliphatic rings. The van der Waals surface area contributed by atoms with Gasteiger partial charge in [-0.1, -0.05) is 6.07 Å². The standard InChI is InChI=1S/C19H16O6S/c1-11-14(20)5-4-13-12(9-18(23)25-19(11)13)10-24-17(22)7-6-15(21)16-3-2-8-26-16/h2-5,8-9,20H,6-7,10H2,1H3. The van der Waals surface area contributed by atoms with E-state index in [1.165, 1.54) is 23.5 Å². The van der Waals surface area contributed by atoms with Crippen molar-refractivity contribution >= 4 is 34.1 Å². The second-order valence-electron chi connectivity index (χ2n) is 5.74. The van der Waals surface area contributed by atoms with Crippen molar-refractivity contribution in [3.63, 3.8) is 0 Å². The summed E-state index contributed by atoms with van der Waals surface area (Å²) < 4.78 is 10.3. The van der Waals surface area contributed by atoms with Crippen LogP contribution in [0.4, 0.5) is 0 Å². The highest BCUT2D eigenvalue weighted by atomic mass is 32.1. The van der Waals surface area contributed by atoms with Crippen LogP contribution in [0.25, 0.3) is 11.0 Å². The fourth-order valence-electron chi connectivity index (χ4n) is 2.54. The first-order valence-electron chi connectivity index (χ1n) is 7.93. The molecule has 0 bridgehead atoms. The van der Waals surface area contributed by atoms with E-state index in [9.17, 15) is 19.5 Å². The minimum absolute atomic E-state index is 0.0156. The predicted octanol–water partition coefficient (Wildman–Crippen LogP) is 3.57. The van der Waals surface area contributed by atoms with Crippen molar-refractivity contribution < 1.29 is 23.8 Å². The Hall–Kier alpha value is -2.93. The van der Waals surface area contributed by atoms with Gasteiger partial charge < -0.3 is 14.3 Å². The van der Waals surface area contributed by atoms with Crippen LogP contribution in [-0.4, -0.2) is 16.9 Å². The van der Waals surface area contributed by atoms with Crippen LogP contribution >= 0.6 is 11.3 Å². The van der Waals surface area contributed by atoms with E-state index in [2.05, 4.69) is 0 Å². The Kier molecular flexibility index (Phi) is 5.18. The monoisotopic (exact) mass is 372 g/mol. The highest BCUT2D eigenvalue weighted by Gasteiger charge is 2.14. The first kappa shape index (κ1) is 17.9. The number of ether oxygens (including phenoxy) is 1. The second-order valence-corrected chi connectivity index (χ2v) is 6.69. The molecule has 3 rings (SSSR count). The van der Waals surface area contributed by atoms with Gasteiger partial charge in [-0.2, -0.15) is 0 Å². The molecule has 26 heavy (non-hydrogen) atoms. The van der Waals surface area contributed by atoms with E-state index in [0.717, 1.165) is 0 Å². The Morgan fingerprint density at radius 3 is 2.77 bits per heavy atom. The lowest BCUT2D eigenvalue weighted by molar-refractivity contribution is -0.144. The topological polar surface area (TPSA) is 93.8 Å². The van der Waals surface area contributed by atoms with Crippen molar-refractivity contribution in [1.29, 1.82) is 0 Å². The molecular formula is C19H16O6S. The maximum Gasteiger partial charge on any atom is 0.336 e. The zero-order valence-electron chi connectivity index (χ0n) is 14.0. The number of aryl methyl sites for hydroxylation is 1. The zero-order chi connectivity index (χ0) is 18.7. The number of phenols is 1. The predicted molar refractivity (Wildman–Crippen MR) is 96.6 cm³/mol. The highest BCUT2D eigenvalue weighted by Crippen LogP contribution is 2.27. The number of carbonyl (C=O) groups is 2. The van der Waals surface area contributed by atoms with Gasteiger partial charge in [0.25, 0.3) is 0 Å². The molecule has 3 aromatic rings. The number of ketones is 1. The lowest BCUT2D eigenvalue weighted by Gasteiger charge is -2.09. The molecule has 7 heteroatoms. The van der Waals surface area contributed by atoms with E-state index in [1.807, 2.05) is 0 Å². The molecule has 6 nitrogen and oxygen atoms in total. The summed E-state index contributed by atoms with van der Waals surface area (Å²) in [7, 11) is 0. The van der Waals surface area contributed by atoms with Crippen LogP contribution in [0.5, 0.6) is 5.75 Å². The van der Waals surface area contributed by atoms with Crippen LogP contribution < -0.4 is 5.63 Å². The van der Waals surface area contributed by atoms with Gasteiger partial charge in [0.1, 0.15) is 17.9 Å². The van der Waals surface area contributed by atoms with Crippen LogP contribution in [0.2, 0.25) is 0 Å². The molecule has 0 aliphatic heterocycles.